The van der Waals surface area contributed by atoms with Crippen LogP contribution in [-0.2, 0) is 19.6 Å². The third kappa shape index (κ3) is 6.48. The van der Waals surface area contributed by atoms with E-state index in [1.54, 1.807) is 24.3 Å². The first-order chi connectivity index (χ1) is 15.1. The maximum atomic E-state index is 13.3. The summed E-state index contributed by atoms with van der Waals surface area (Å²) in [4.78, 5) is 24.2. The summed E-state index contributed by atoms with van der Waals surface area (Å²) >= 11 is 12.0. The molecule has 1 unspecified atom stereocenters. The largest absolute Gasteiger partial charge is 0.452 e. The lowest BCUT2D eigenvalue weighted by Crippen LogP contribution is -2.35. The molecule has 10 heteroatoms. The maximum absolute atomic E-state index is 13.3. The molecule has 0 saturated carbocycles. The van der Waals surface area contributed by atoms with E-state index in [1.807, 2.05) is 13.8 Å². The Morgan fingerprint density at radius 3 is 2.44 bits per heavy atom. The molecule has 0 saturated heterocycles. The molecule has 2 aromatic carbocycles. The topological polar surface area (TPSA) is 92.8 Å². The zero-order chi connectivity index (χ0) is 23.9. The van der Waals surface area contributed by atoms with Crippen molar-refractivity contribution in [3.05, 3.63) is 70.7 Å². The van der Waals surface area contributed by atoms with Crippen molar-refractivity contribution in [3.8, 4) is 0 Å². The normalized spacial score (nSPS) is 12.0. The average molecular weight is 499 g/mol. The van der Waals surface area contributed by atoms with E-state index in [1.165, 1.54) is 18.2 Å². The van der Waals surface area contributed by atoms with Crippen molar-refractivity contribution in [2.75, 3.05) is 17.5 Å². The van der Waals surface area contributed by atoms with E-state index in [0.29, 0.717) is 10.7 Å². The number of benzene rings is 2. The van der Waals surface area contributed by atoms with E-state index in [4.69, 9.17) is 27.9 Å². The first kappa shape index (κ1) is 25.7. The number of sulfonamides is 1. The first-order valence-electron chi connectivity index (χ1n) is 9.75. The molecule has 2 rings (SSSR count). The van der Waals surface area contributed by atoms with Gasteiger partial charge in [0, 0.05) is 11.1 Å². The Hall–Kier alpha value is -2.55. The van der Waals surface area contributed by atoms with Gasteiger partial charge in [-0.2, -0.15) is 0 Å². The van der Waals surface area contributed by atoms with Crippen molar-refractivity contribution in [1.29, 1.82) is 0 Å². The highest BCUT2D eigenvalue weighted by Crippen LogP contribution is 2.28. The summed E-state index contributed by atoms with van der Waals surface area (Å²) in [6, 6.07) is 9.89. The smallest absolute Gasteiger partial charge is 0.340 e. The van der Waals surface area contributed by atoms with E-state index >= 15 is 0 Å². The molecule has 2 aromatic rings. The van der Waals surface area contributed by atoms with E-state index in [9.17, 15) is 18.0 Å². The zero-order valence-electron chi connectivity index (χ0n) is 17.7. The summed E-state index contributed by atoms with van der Waals surface area (Å²) in [5.74, 6) is -1.37. The third-order valence-corrected chi connectivity index (χ3v) is 6.88. The molecular formula is C22H24Cl2N2O5S. The first-order valence-corrected chi connectivity index (χ1v) is 11.9. The fourth-order valence-corrected chi connectivity index (χ4v) is 4.43. The summed E-state index contributed by atoms with van der Waals surface area (Å²) in [6.45, 7) is 6.82. The lowest BCUT2D eigenvalue weighted by Gasteiger charge is -2.23. The quantitative estimate of drug-likeness (QED) is 0.385. The summed E-state index contributed by atoms with van der Waals surface area (Å²) in [5.41, 5.74) is 0.203. The van der Waals surface area contributed by atoms with Crippen LogP contribution >= 0.6 is 23.2 Å². The molecule has 172 valence electrons. The summed E-state index contributed by atoms with van der Waals surface area (Å²) in [6.07, 6.45) is 2.16. The number of esters is 1. The summed E-state index contributed by atoms with van der Waals surface area (Å²) < 4.78 is 32.7. The third-order valence-electron chi connectivity index (χ3n) is 4.51. The van der Waals surface area contributed by atoms with Crippen molar-refractivity contribution in [1.82, 2.24) is 5.32 Å². The van der Waals surface area contributed by atoms with Crippen LogP contribution < -0.4 is 9.62 Å². The van der Waals surface area contributed by atoms with Gasteiger partial charge in [0.05, 0.1) is 27.7 Å². The molecule has 7 nitrogen and oxygen atoms in total. The van der Waals surface area contributed by atoms with Gasteiger partial charge in [0.2, 0.25) is 0 Å². The highest BCUT2D eigenvalue weighted by Gasteiger charge is 2.26. The molecule has 1 N–H and O–H groups in total. The number of amides is 1. The molecule has 0 aromatic heterocycles. The molecule has 1 atom stereocenters. The number of ether oxygens (including phenoxy) is 1. The van der Waals surface area contributed by atoms with Crippen molar-refractivity contribution in [2.24, 2.45) is 0 Å². The Labute approximate surface area is 198 Å². The van der Waals surface area contributed by atoms with Crippen LogP contribution in [0.5, 0.6) is 0 Å². The minimum atomic E-state index is -4.08. The number of rotatable bonds is 10. The van der Waals surface area contributed by atoms with Crippen molar-refractivity contribution in [3.63, 3.8) is 0 Å². The van der Waals surface area contributed by atoms with E-state index in [-0.39, 0.29) is 28.1 Å². The van der Waals surface area contributed by atoms with Crippen molar-refractivity contribution in [2.45, 2.75) is 31.2 Å². The fraction of sp³-hybridized carbons (Fsp3) is 0.273. The SMILES string of the molecule is C=CCN(c1ccc(Cl)cc1)S(=O)(=O)c1ccc(Cl)c(C(=O)OCC(=O)NC(C)CC)c1. The van der Waals surface area contributed by atoms with Crippen LogP contribution in [0.4, 0.5) is 5.69 Å². The second-order valence-corrected chi connectivity index (χ2v) is 9.60. The Kier molecular flexibility index (Phi) is 9.12. The fourth-order valence-electron chi connectivity index (χ4n) is 2.64. The van der Waals surface area contributed by atoms with Crippen LogP contribution in [0.15, 0.2) is 60.0 Å². The van der Waals surface area contributed by atoms with Gasteiger partial charge in [0.25, 0.3) is 15.9 Å². The van der Waals surface area contributed by atoms with Crippen LogP contribution in [0.2, 0.25) is 10.0 Å². The van der Waals surface area contributed by atoms with Gasteiger partial charge < -0.3 is 10.1 Å². The Morgan fingerprint density at radius 1 is 1.19 bits per heavy atom. The summed E-state index contributed by atoms with van der Waals surface area (Å²) in [7, 11) is -4.08. The molecule has 0 bridgehead atoms. The van der Waals surface area contributed by atoms with E-state index < -0.39 is 28.5 Å². The van der Waals surface area contributed by atoms with Crippen molar-refractivity contribution >= 4 is 50.8 Å². The number of nitrogens with zero attached hydrogens (tertiary/aromatic N) is 1. The van der Waals surface area contributed by atoms with Crippen LogP contribution in [0, 0.1) is 0 Å². The molecular weight excluding hydrogens is 475 g/mol. The molecule has 0 aliphatic carbocycles. The summed E-state index contributed by atoms with van der Waals surface area (Å²) in [5, 5.41) is 3.12. The van der Waals surface area contributed by atoms with Gasteiger partial charge in [-0.1, -0.05) is 36.2 Å². The van der Waals surface area contributed by atoms with Gasteiger partial charge in [-0.25, -0.2) is 13.2 Å². The molecule has 0 radical (unpaired) electrons. The predicted molar refractivity (Wildman–Crippen MR) is 126 cm³/mol. The van der Waals surface area contributed by atoms with Crippen LogP contribution in [0.25, 0.3) is 0 Å². The van der Waals surface area contributed by atoms with Crippen molar-refractivity contribution < 1.29 is 22.7 Å². The zero-order valence-corrected chi connectivity index (χ0v) is 20.0. The van der Waals surface area contributed by atoms with Gasteiger partial charge in [-0.3, -0.25) is 9.10 Å². The van der Waals surface area contributed by atoms with Gasteiger partial charge in [-0.15, -0.1) is 6.58 Å². The van der Waals surface area contributed by atoms with Crippen LogP contribution in [0.3, 0.4) is 0 Å². The highest BCUT2D eigenvalue weighted by atomic mass is 35.5. The number of nitrogens with one attached hydrogen (secondary N) is 1. The lowest BCUT2D eigenvalue weighted by molar-refractivity contribution is -0.124. The van der Waals surface area contributed by atoms with Gasteiger partial charge in [0.1, 0.15) is 0 Å². The van der Waals surface area contributed by atoms with Crippen LogP contribution in [0.1, 0.15) is 30.6 Å². The standard InChI is InChI=1S/C22H24Cl2N2O5S/c1-4-12-26(17-8-6-16(23)7-9-17)32(29,30)18-10-11-20(24)19(13-18)22(28)31-14-21(27)25-15(3)5-2/h4,6-11,13,15H,1,5,12,14H2,2-3H3,(H,25,27). The molecule has 0 fully saturated rings. The highest BCUT2D eigenvalue weighted by molar-refractivity contribution is 7.92. The Morgan fingerprint density at radius 2 is 1.84 bits per heavy atom. The van der Waals surface area contributed by atoms with Gasteiger partial charge in [-0.05, 0) is 55.8 Å². The van der Waals surface area contributed by atoms with Crippen LogP contribution in [-0.4, -0.2) is 39.5 Å². The molecule has 1 amide bonds. The second-order valence-electron chi connectivity index (χ2n) is 6.90. The van der Waals surface area contributed by atoms with E-state index in [2.05, 4.69) is 11.9 Å². The Balaban J connectivity index is 2.30. The molecule has 0 aliphatic heterocycles. The molecule has 0 heterocycles. The number of hydrogen-bond acceptors (Lipinski definition) is 5. The number of carbonyl (C=O) groups excluding carboxylic acids is 2. The number of hydrogen-bond donors (Lipinski definition) is 1. The Bertz CT molecular complexity index is 1090. The average Bonchev–Trinajstić information content (AvgIpc) is 2.76. The van der Waals surface area contributed by atoms with Gasteiger partial charge >= 0.3 is 5.97 Å². The minimum absolute atomic E-state index is 0.00181. The van der Waals surface area contributed by atoms with E-state index in [0.717, 1.165) is 16.8 Å². The lowest BCUT2D eigenvalue weighted by atomic mass is 10.2. The van der Waals surface area contributed by atoms with Gasteiger partial charge in [0.15, 0.2) is 6.61 Å². The number of halogens is 2. The predicted octanol–water partition coefficient (Wildman–Crippen LogP) is 4.45. The maximum Gasteiger partial charge on any atom is 0.340 e. The minimum Gasteiger partial charge on any atom is -0.452 e. The molecule has 0 aliphatic rings. The molecule has 0 spiro atoms. The monoisotopic (exact) mass is 498 g/mol. The molecule has 32 heavy (non-hydrogen) atoms. The number of anilines is 1. The second kappa shape index (κ2) is 11.4. The number of carbonyl (C=O) groups is 2.